The SMILES string of the molecule is CN(CCCNC(=O)c1sc(=S)sc1C(=O)N1CCOCCOCCOCC1)CCCNC(=O)c1sc(=S)sc1C(=O)N1CCOCCOCCOCC1. The molecule has 4 heterocycles. The van der Waals surface area contributed by atoms with Crippen molar-refractivity contribution in [1.29, 1.82) is 0 Å². The van der Waals surface area contributed by atoms with Crippen LogP contribution < -0.4 is 10.6 Å². The molecule has 302 valence electrons. The fourth-order valence-electron chi connectivity index (χ4n) is 5.21. The number of carbonyl (C=O) groups is 4. The van der Waals surface area contributed by atoms with Crippen molar-refractivity contribution in [2.45, 2.75) is 12.8 Å². The molecule has 2 aromatic heterocycles. The van der Waals surface area contributed by atoms with E-state index < -0.39 is 0 Å². The number of hydrogen-bond donors (Lipinski definition) is 2. The molecule has 2 aliphatic heterocycles. The van der Waals surface area contributed by atoms with Gasteiger partial charge in [-0.15, -0.1) is 45.3 Å². The number of rotatable bonds is 12. The molecule has 54 heavy (non-hydrogen) atoms. The van der Waals surface area contributed by atoms with Crippen LogP contribution in [0.3, 0.4) is 0 Å². The highest BCUT2D eigenvalue weighted by molar-refractivity contribution is 7.77. The molecule has 0 atom stereocenters. The van der Waals surface area contributed by atoms with Gasteiger partial charge in [0, 0.05) is 39.3 Å². The maximum Gasteiger partial charge on any atom is 0.265 e. The van der Waals surface area contributed by atoms with Crippen molar-refractivity contribution in [3.05, 3.63) is 25.8 Å². The number of ether oxygens (including phenoxy) is 6. The topological polar surface area (TPSA) is 157 Å². The first-order valence-electron chi connectivity index (χ1n) is 17.8. The number of nitrogens with one attached hydrogen (secondary N) is 2. The Balaban J connectivity index is 1.18. The van der Waals surface area contributed by atoms with Crippen LogP contribution in [0, 0.1) is 6.28 Å². The van der Waals surface area contributed by atoms with Gasteiger partial charge in [-0.05, 0) is 33.0 Å². The Bertz CT molecular complexity index is 1460. The van der Waals surface area contributed by atoms with Crippen molar-refractivity contribution >= 4 is 93.4 Å². The molecule has 2 fully saturated rings. The van der Waals surface area contributed by atoms with Gasteiger partial charge in [-0.1, -0.05) is 24.4 Å². The van der Waals surface area contributed by atoms with Crippen LogP contribution in [0.4, 0.5) is 0 Å². The first-order valence-corrected chi connectivity index (χ1v) is 21.9. The number of carbonyl (C=O) groups excluding carboxylic acids is 4. The van der Waals surface area contributed by atoms with E-state index in [4.69, 9.17) is 52.9 Å². The van der Waals surface area contributed by atoms with E-state index in [0.29, 0.717) is 170 Å². The van der Waals surface area contributed by atoms with E-state index in [0.717, 1.165) is 45.3 Å². The number of nitrogens with zero attached hydrogens (tertiary/aromatic N) is 3. The van der Waals surface area contributed by atoms with Crippen molar-refractivity contribution in [2.24, 2.45) is 0 Å². The Kier molecular flexibility index (Phi) is 21.1. The summed E-state index contributed by atoms with van der Waals surface area (Å²) in [5, 5.41) is 5.88. The Labute approximate surface area is 341 Å². The molecule has 21 heteroatoms. The van der Waals surface area contributed by atoms with E-state index in [2.05, 4.69) is 15.5 Å². The van der Waals surface area contributed by atoms with E-state index in [1.807, 2.05) is 7.05 Å². The molecule has 4 rings (SSSR count). The summed E-state index contributed by atoms with van der Waals surface area (Å²) >= 11 is 15.3. The highest BCUT2D eigenvalue weighted by Gasteiger charge is 2.27. The summed E-state index contributed by atoms with van der Waals surface area (Å²) < 4.78 is 34.2. The minimum Gasteiger partial charge on any atom is -0.377 e. The quantitative estimate of drug-likeness (QED) is 0.237. The fourth-order valence-corrected chi connectivity index (χ4v) is 10.2. The molecule has 0 aromatic carbocycles. The molecule has 2 aromatic rings. The van der Waals surface area contributed by atoms with E-state index in [-0.39, 0.29) is 23.6 Å². The normalized spacial score (nSPS) is 17.4. The molecule has 0 spiro atoms. The average Bonchev–Trinajstić information content (AvgIpc) is 3.74. The van der Waals surface area contributed by atoms with Crippen LogP contribution in [0.15, 0.2) is 0 Å². The van der Waals surface area contributed by atoms with Crippen LogP contribution in [0.1, 0.15) is 51.5 Å². The van der Waals surface area contributed by atoms with Gasteiger partial charge < -0.3 is 53.8 Å². The van der Waals surface area contributed by atoms with E-state index in [9.17, 15) is 19.2 Å². The molecule has 4 amide bonds. The predicted octanol–water partition coefficient (Wildman–Crippen LogP) is 3.27. The summed E-state index contributed by atoms with van der Waals surface area (Å²) in [7, 11) is 1.97. The van der Waals surface area contributed by atoms with Gasteiger partial charge in [0.25, 0.3) is 23.6 Å². The van der Waals surface area contributed by atoms with Crippen LogP contribution in [0.25, 0.3) is 0 Å². The van der Waals surface area contributed by atoms with Crippen molar-refractivity contribution in [3.63, 3.8) is 0 Å². The molecule has 2 N–H and O–H groups in total. The fraction of sp³-hybridized carbons (Fsp3) is 0.697. The third-order valence-electron chi connectivity index (χ3n) is 8.04. The average molecular weight is 868 g/mol. The van der Waals surface area contributed by atoms with Crippen molar-refractivity contribution in [1.82, 2.24) is 25.3 Å². The van der Waals surface area contributed by atoms with Gasteiger partial charge in [0.05, 0.1) is 79.3 Å². The molecule has 2 saturated heterocycles. The molecular weight excluding hydrogens is 819 g/mol. The van der Waals surface area contributed by atoms with Gasteiger partial charge in [-0.2, -0.15) is 0 Å². The van der Waals surface area contributed by atoms with Crippen LogP contribution >= 0.6 is 69.8 Å². The lowest BCUT2D eigenvalue weighted by molar-refractivity contribution is -0.00429. The molecule has 0 radical (unpaired) electrons. The second-order valence-corrected chi connectivity index (χ2v) is 18.5. The van der Waals surface area contributed by atoms with E-state index in [1.54, 1.807) is 9.80 Å². The lowest BCUT2D eigenvalue weighted by Crippen LogP contribution is -2.38. The Morgan fingerprint density at radius 2 is 0.833 bits per heavy atom. The first kappa shape index (κ1) is 44.8. The van der Waals surface area contributed by atoms with Gasteiger partial charge in [-0.3, -0.25) is 19.2 Å². The maximum atomic E-state index is 13.5. The van der Waals surface area contributed by atoms with Crippen molar-refractivity contribution in [3.8, 4) is 0 Å². The summed E-state index contributed by atoms with van der Waals surface area (Å²) in [5.74, 6) is -1.17. The predicted molar refractivity (Wildman–Crippen MR) is 214 cm³/mol. The maximum absolute atomic E-state index is 13.5. The van der Waals surface area contributed by atoms with Gasteiger partial charge in [0.15, 0.2) is 0 Å². The Morgan fingerprint density at radius 1 is 0.537 bits per heavy atom. The zero-order chi connectivity index (χ0) is 38.5. The molecule has 0 saturated carbocycles. The lowest BCUT2D eigenvalue weighted by Gasteiger charge is -2.23. The highest BCUT2D eigenvalue weighted by atomic mass is 32.2. The smallest absolute Gasteiger partial charge is 0.265 e. The minimum atomic E-state index is -0.324. The van der Waals surface area contributed by atoms with Crippen molar-refractivity contribution < 1.29 is 47.6 Å². The van der Waals surface area contributed by atoms with Crippen LogP contribution in [-0.4, -0.2) is 177 Å². The zero-order valence-corrected chi connectivity index (χ0v) is 35.3. The monoisotopic (exact) mass is 867 g/mol. The van der Waals surface area contributed by atoms with Crippen LogP contribution in [0.2, 0.25) is 0 Å². The molecule has 15 nitrogen and oxygen atoms in total. The lowest BCUT2D eigenvalue weighted by atomic mass is 10.3. The largest absolute Gasteiger partial charge is 0.377 e. The highest BCUT2D eigenvalue weighted by Crippen LogP contribution is 2.28. The van der Waals surface area contributed by atoms with Crippen LogP contribution in [-0.2, 0) is 28.4 Å². The minimum absolute atomic E-state index is 0.262. The second-order valence-electron chi connectivity index (χ2n) is 12.0. The van der Waals surface area contributed by atoms with Gasteiger partial charge in [0.2, 0.25) is 0 Å². The zero-order valence-electron chi connectivity index (χ0n) is 30.4. The number of hydrogen-bond acceptors (Lipinski definition) is 17. The summed E-state index contributed by atoms with van der Waals surface area (Å²) in [6.07, 6.45) is 1.36. The summed E-state index contributed by atoms with van der Waals surface area (Å²) in [6, 6.07) is 0. The standard InChI is InChI=1S/C33H49N5O10S6/c1-36(6-2-4-34-28(39)24-26(53-32(49)51-24)30(41)37-8-12-43-16-20-47-21-17-44-13-9-37)7-3-5-35-29(40)25-27(54-33(50)52-25)31(42)38-10-14-45-18-22-48-23-19-46-15-11-38/h2-23H2,1H3,(H,34,39)(H,35,40). The second kappa shape index (κ2) is 25.4. The first-order chi connectivity index (χ1) is 26.2. The van der Waals surface area contributed by atoms with Gasteiger partial charge in [0.1, 0.15) is 25.8 Å². The molecular formula is C33H49N5O10S6. The third kappa shape index (κ3) is 15.6. The van der Waals surface area contributed by atoms with Gasteiger partial charge in [-0.25, -0.2) is 0 Å². The molecule has 0 unspecified atom stereocenters. The molecule has 2 aliphatic rings. The third-order valence-corrected chi connectivity index (χ3v) is 13.3. The summed E-state index contributed by atoms with van der Waals surface area (Å²) in [6.45, 7) is 8.67. The Hall–Kier alpha value is -1.86. The molecule has 0 bridgehead atoms. The molecule has 0 aliphatic carbocycles. The number of amides is 4. The van der Waals surface area contributed by atoms with Gasteiger partial charge >= 0.3 is 0 Å². The summed E-state index contributed by atoms with van der Waals surface area (Å²) in [5.41, 5.74) is 0. The Morgan fingerprint density at radius 3 is 1.17 bits per heavy atom. The van der Waals surface area contributed by atoms with Crippen LogP contribution in [0.5, 0.6) is 0 Å². The summed E-state index contributed by atoms with van der Waals surface area (Å²) in [4.78, 5) is 60.1. The van der Waals surface area contributed by atoms with Crippen molar-refractivity contribution in [2.75, 3.05) is 139 Å². The van der Waals surface area contributed by atoms with E-state index >= 15 is 0 Å². The van der Waals surface area contributed by atoms with E-state index in [1.165, 1.54) is 0 Å².